The number of rotatable bonds is 4. The number of halogens is 2. The minimum Gasteiger partial charge on any atom is -0.482 e. The number of hydrogen-bond acceptors (Lipinski definition) is 5. The Labute approximate surface area is 136 Å². The molecule has 1 saturated heterocycles. The highest BCUT2D eigenvalue weighted by molar-refractivity contribution is 5.92. The third kappa shape index (κ3) is 3.70. The number of likely N-dealkylation sites (tertiary alicyclic amines) is 1. The number of ether oxygens (including phenoxy) is 1. The van der Waals surface area contributed by atoms with Crippen molar-refractivity contribution in [3.05, 3.63) is 47.4 Å². The van der Waals surface area contributed by atoms with Crippen molar-refractivity contribution >= 4 is 5.91 Å². The summed E-state index contributed by atoms with van der Waals surface area (Å²) in [5.41, 5.74) is 0.0993. The average molecular weight is 338 g/mol. The van der Waals surface area contributed by atoms with Gasteiger partial charge in [0.15, 0.2) is 23.0 Å². The van der Waals surface area contributed by atoms with E-state index in [-0.39, 0.29) is 36.3 Å². The van der Waals surface area contributed by atoms with Crippen LogP contribution in [0.5, 0.6) is 5.75 Å². The molecule has 0 saturated carbocycles. The monoisotopic (exact) mass is 338 g/mol. The van der Waals surface area contributed by atoms with Crippen LogP contribution in [0.1, 0.15) is 29.1 Å². The van der Waals surface area contributed by atoms with Gasteiger partial charge in [0.25, 0.3) is 5.91 Å². The highest BCUT2D eigenvalue weighted by Crippen LogP contribution is 2.20. The van der Waals surface area contributed by atoms with E-state index in [0.717, 1.165) is 12.5 Å². The predicted octanol–water partition coefficient (Wildman–Crippen LogP) is 2.13. The Morgan fingerprint density at radius 2 is 2.25 bits per heavy atom. The van der Waals surface area contributed by atoms with Crippen LogP contribution < -0.4 is 4.74 Å². The summed E-state index contributed by atoms with van der Waals surface area (Å²) < 4.78 is 36.5. The highest BCUT2D eigenvalue weighted by atomic mass is 19.1. The fraction of sp³-hybridized carbons (Fsp3) is 0.375. The third-order valence-corrected chi connectivity index (χ3v) is 3.73. The Balaban J connectivity index is 1.62. The van der Waals surface area contributed by atoms with Crippen LogP contribution in [0.2, 0.25) is 0 Å². The number of piperidine rings is 1. The molecule has 1 aliphatic rings. The summed E-state index contributed by atoms with van der Waals surface area (Å²) in [7, 11) is 0. The number of aliphatic hydroxyl groups excluding tert-OH is 1. The van der Waals surface area contributed by atoms with Gasteiger partial charge in [-0.25, -0.2) is 8.78 Å². The molecule has 24 heavy (non-hydrogen) atoms. The van der Waals surface area contributed by atoms with E-state index in [1.165, 1.54) is 17.0 Å². The van der Waals surface area contributed by atoms with Crippen molar-refractivity contribution in [2.75, 3.05) is 13.1 Å². The maximum absolute atomic E-state index is 13.5. The van der Waals surface area contributed by atoms with Gasteiger partial charge in [0.1, 0.15) is 12.4 Å². The Morgan fingerprint density at radius 3 is 3.00 bits per heavy atom. The molecule has 2 aromatic rings. The lowest BCUT2D eigenvalue weighted by molar-refractivity contribution is 0.0465. The zero-order valence-corrected chi connectivity index (χ0v) is 12.7. The first-order valence-corrected chi connectivity index (χ1v) is 7.53. The highest BCUT2D eigenvalue weighted by Gasteiger charge is 2.25. The Morgan fingerprint density at radius 1 is 1.42 bits per heavy atom. The van der Waals surface area contributed by atoms with E-state index >= 15 is 0 Å². The van der Waals surface area contributed by atoms with E-state index in [9.17, 15) is 18.7 Å². The number of nitrogens with zero attached hydrogens (tertiary/aromatic N) is 2. The number of benzene rings is 1. The maximum Gasteiger partial charge on any atom is 0.276 e. The van der Waals surface area contributed by atoms with Gasteiger partial charge in [0.2, 0.25) is 0 Å². The van der Waals surface area contributed by atoms with Crippen LogP contribution in [-0.4, -0.2) is 40.3 Å². The molecule has 0 bridgehead atoms. The van der Waals surface area contributed by atoms with Crippen LogP contribution in [0, 0.1) is 11.6 Å². The summed E-state index contributed by atoms with van der Waals surface area (Å²) in [4.78, 5) is 13.8. The zero-order valence-electron chi connectivity index (χ0n) is 12.7. The molecule has 0 spiro atoms. The van der Waals surface area contributed by atoms with Gasteiger partial charge in [0.05, 0.1) is 6.10 Å². The van der Waals surface area contributed by atoms with Gasteiger partial charge in [-0.2, -0.15) is 0 Å². The van der Waals surface area contributed by atoms with Gasteiger partial charge < -0.3 is 19.3 Å². The van der Waals surface area contributed by atoms with Crippen LogP contribution in [0.15, 0.2) is 28.8 Å². The molecule has 1 atom stereocenters. The van der Waals surface area contributed by atoms with Crippen LogP contribution in [0.4, 0.5) is 8.78 Å². The van der Waals surface area contributed by atoms with E-state index in [4.69, 9.17) is 9.26 Å². The van der Waals surface area contributed by atoms with Crippen LogP contribution >= 0.6 is 0 Å². The van der Waals surface area contributed by atoms with Gasteiger partial charge in [-0.1, -0.05) is 5.16 Å². The fourth-order valence-electron chi connectivity index (χ4n) is 2.52. The molecule has 8 heteroatoms. The van der Waals surface area contributed by atoms with Crippen molar-refractivity contribution in [2.45, 2.75) is 25.6 Å². The van der Waals surface area contributed by atoms with E-state index in [1.807, 2.05) is 0 Å². The lowest BCUT2D eigenvalue weighted by Gasteiger charge is -2.29. The number of β-amino-alcohol motifs (C(OH)–C–C–N with tert-alkyl or cyclic N) is 1. The van der Waals surface area contributed by atoms with Crippen molar-refractivity contribution in [3.8, 4) is 5.75 Å². The molecule has 1 N–H and O–H groups in total. The molecule has 0 radical (unpaired) electrons. The topological polar surface area (TPSA) is 75.8 Å². The molecule has 1 fully saturated rings. The molecular weight excluding hydrogens is 322 g/mol. The lowest BCUT2D eigenvalue weighted by atomic mass is 10.1. The predicted molar refractivity (Wildman–Crippen MR) is 78.3 cm³/mol. The molecule has 128 valence electrons. The Bertz CT molecular complexity index is 735. The molecule has 1 aromatic heterocycles. The van der Waals surface area contributed by atoms with Crippen LogP contribution in [0.3, 0.4) is 0 Å². The van der Waals surface area contributed by atoms with E-state index in [2.05, 4.69) is 5.16 Å². The Kier molecular flexibility index (Phi) is 4.75. The van der Waals surface area contributed by atoms with Crippen LogP contribution in [-0.2, 0) is 6.61 Å². The Hall–Kier alpha value is -2.48. The smallest absolute Gasteiger partial charge is 0.276 e. The zero-order chi connectivity index (χ0) is 17.1. The van der Waals surface area contributed by atoms with Gasteiger partial charge >= 0.3 is 0 Å². The molecule has 1 aromatic carbocycles. The van der Waals surface area contributed by atoms with E-state index in [1.54, 1.807) is 0 Å². The van der Waals surface area contributed by atoms with Crippen molar-refractivity contribution in [1.82, 2.24) is 10.1 Å². The van der Waals surface area contributed by atoms with Gasteiger partial charge in [-0.05, 0) is 25.0 Å². The summed E-state index contributed by atoms with van der Waals surface area (Å²) in [6, 6.07) is 4.37. The number of aliphatic hydroxyl groups is 1. The second-order valence-corrected chi connectivity index (χ2v) is 5.59. The standard InChI is InChI=1S/C16H16F2N2O4/c17-10-3-4-15(13(18)6-10)23-9-12-7-14(19-24-12)16(22)20-5-1-2-11(21)8-20/h3-4,6-7,11,21H,1-2,5,8-9H2. The fourth-order valence-corrected chi connectivity index (χ4v) is 2.52. The molecular formula is C16H16F2N2O4. The first-order chi connectivity index (χ1) is 11.5. The molecule has 3 rings (SSSR count). The van der Waals surface area contributed by atoms with Gasteiger partial charge in [-0.3, -0.25) is 4.79 Å². The van der Waals surface area contributed by atoms with E-state index in [0.29, 0.717) is 19.0 Å². The number of carbonyl (C=O) groups is 1. The largest absolute Gasteiger partial charge is 0.482 e. The summed E-state index contributed by atoms with van der Waals surface area (Å²) >= 11 is 0. The van der Waals surface area contributed by atoms with E-state index < -0.39 is 17.7 Å². The normalized spacial score (nSPS) is 17.8. The maximum atomic E-state index is 13.5. The number of hydrogen-bond donors (Lipinski definition) is 1. The molecule has 6 nitrogen and oxygen atoms in total. The summed E-state index contributed by atoms with van der Waals surface area (Å²) in [6.45, 7) is 0.666. The molecule has 1 amide bonds. The molecule has 1 aliphatic heterocycles. The second-order valence-electron chi connectivity index (χ2n) is 5.59. The van der Waals surface area contributed by atoms with Gasteiger partial charge in [-0.15, -0.1) is 0 Å². The first kappa shape index (κ1) is 16.4. The minimum atomic E-state index is -0.826. The quantitative estimate of drug-likeness (QED) is 0.924. The summed E-state index contributed by atoms with van der Waals surface area (Å²) in [5, 5.41) is 13.3. The second kappa shape index (κ2) is 6.96. The molecule has 2 heterocycles. The SMILES string of the molecule is O=C(c1cc(COc2ccc(F)cc2F)on1)N1CCCC(O)C1. The average Bonchev–Trinajstić information content (AvgIpc) is 3.02. The van der Waals surface area contributed by atoms with Gasteiger partial charge in [0, 0.05) is 25.2 Å². The number of aromatic nitrogens is 1. The van der Waals surface area contributed by atoms with Crippen molar-refractivity contribution in [2.24, 2.45) is 0 Å². The molecule has 0 aliphatic carbocycles. The first-order valence-electron chi connectivity index (χ1n) is 7.53. The number of carbonyl (C=O) groups excluding carboxylic acids is 1. The van der Waals surface area contributed by atoms with Crippen molar-refractivity contribution < 1.29 is 27.9 Å². The third-order valence-electron chi connectivity index (χ3n) is 3.73. The van der Waals surface area contributed by atoms with Crippen molar-refractivity contribution in [1.29, 1.82) is 0 Å². The minimum absolute atomic E-state index is 0.0993. The molecule has 1 unspecified atom stereocenters. The van der Waals surface area contributed by atoms with Crippen LogP contribution in [0.25, 0.3) is 0 Å². The lowest BCUT2D eigenvalue weighted by Crippen LogP contribution is -2.42. The number of amides is 1. The summed E-state index contributed by atoms with van der Waals surface area (Å²) in [5.74, 6) is -1.75. The summed E-state index contributed by atoms with van der Waals surface area (Å²) in [6.07, 6.45) is 0.869. The van der Waals surface area contributed by atoms with Crippen molar-refractivity contribution in [3.63, 3.8) is 0 Å².